The molecule has 0 unspecified atom stereocenters. The smallest absolute Gasteiger partial charge is 0.161 e. The number of ketones is 2. The highest BCUT2D eigenvalue weighted by atomic mass is 16.5. The fourth-order valence-electron chi connectivity index (χ4n) is 4.71. The maximum Gasteiger partial charge on any atom is 0.161 e. The Morgan fingerprint density at radius 3 is 2.51 bits per heavy atom. The van der Waals surface area contributed by atoms with Crippen LogP contribution in [-0.4, -0.2) is 48.2 Å². The normalized spacial score (nSPS) is 16.0. The molecule has 0 radical (unpaired) electrons. The number of aliphatic hydroxyl groups excluding tert-OH is 1. The van der Waals surface area contributed by atoms with Crippen LogP contribution in [0.15, 0.2) is 24.3 Å². The molecule has 0 amide bonds. The van der Waals surface area contributed by atoms with Crippen molar-refractivity contribution in [1.29, 1.82) is 0 Å². The zero-order valence-electron chi connectivity index (χ0n) is 21.8. The van der Waals surface area contributed by atoms with E-state index < -0.39 is 0 Å². The van der Waals surface area contributed by atoms with Crippen LogP contribution >= 0.6 is 0 Å². The monoisotopic (exact) mass is 488 g/mol. The summed E-state index contributed by atoms with van der Waals surface area (Å²) >= 11 is 0. The Morgan fingerprint density at radius 2 is 1.89 bits per heavy atom. The summed E-state index contributed by atoms with van der Waals surface area (Å²) in [4.78, 5) is 24.2. The van der Waals surface area contributed by atoms with Gasteiger partial charge in [0.25, 0.3) is 0 Å². The molecule has 2 N–H and O–H groups in total. The molecule has 1 aliphatic rings. The number of allylic oxidation sites excluding steroid dienone is 2. The number of aliphatic hydroxyl groups is 1. The minimum atomic E-state index is -0.0379. The van der Waals surface area contributed by atoms with Gasteiger partial charge in [0.2, 0.25) is 0 Å². The number of hydrogen-bond donors (Lipinski definition) is 2. The number of aryl methyl sites for hydroxylation is 1. The summed E-state index contributed by atoms with van der Waals surface area (Å²) in [7, 11) is 1.65. The molecule has 1 saturated carbocycles. The second-order valence-corrected chi connectivity index (χ2v) is 9.78. The summed E-state index contributed by atoms with van der Waals surface area (Å²) in [6.45, 7) is 4.28. The van der Waals surface area contributed by atoms with Crippen LogP contribution in [0.1, 0.15) is 95.1 Å². The lowest BCUT2D eigenvalue weighted by atomic mass is 9.88. The number of phenolic OH excluding ortho intramolecular Hbond substituents is 1. The topological polar surface area (TPSA) is 93.1 Å². The first kappa shape index (κ1) is 29.1. The lowest BCUT2D eigenvalue weighted by Crippen LogP contribution is -2.13. The SMILES string of the molecule is CC[C@H](C=CC(=O)CCc1cc(OC2CCCC2)c(O)c([C@H](CCOC)CCC(C)=O)c1)CCO. The first-order valence-corrected chi connectivity index (χ1v) is 13.2. The van der Waals surface area contributed by atoms with Crippen molar-refractivity contribution in [2.75, 3.05) is 20.3 Å². The van der Waals surface area contributed by atoms with Crippen LogP contribution in [-0.2, 0) is 20.7 Å². The average Bonchev–Trinajstić information content (AvgIpc) is 3.35. The third kappa shape index (κ3) is 10.1. The first-order valence-electron chi connectivity index (χ1n) is 13.2. The van der Waals surface area contributed by atoms with E-state index >= 15 is 0 Å². The Balaban J connectivity index is 2.25. The number of methoxy groups -OCH3 is 1. The summed E-state index contributed by atoms with van der Waals surface area (Å²) in [5, 5.41) is 20.3. The van der Waals surface area contributed by atoms with Crippen molar-refractivity contribution >= 4 is 11.6 Å². The molecule has 1 aliphatic carbocycles. The van der Waals surface area contributed by atoms with Gasteiger partial charge in [-0.1, -0.05) is 19.1 Å². The molecule has 0 heterocycles. The Morgan fingerprint density at radius 1 is 1.14 bits per heavy atom. The first-order chi connectivity index (χ1) is 16.9. The van der Waals surface area contributed by atoms with Crippen molar-refractivity contribution in [2.24, 2.45) is 5.92 Å². The average molecular weight is 489 g/mol. The van der Waals surface area contributed by atoms with Gasteiger partial charge in [0, 0.05) is 38.7 Å². The molecule has 1 aromatic rings. The van der Waals surface area contributed by atoms with Gasteiger partial charge in [0.1, 0.15) is 5.78 Å². The van der Waals surface area contributed by atoms with E-state index in [2.05, 4.69) is 0 Å². The molecule has 35 heavy (non-hydrogen) atoms. The van der Waals surface area contributed by atoms with Crippen LogP contribution in [0.5, 0.6) is 11.5 Å². The van der Waals surface area contributed by atoms with E-state index in [-0.39, 0.29) is 41.9 Å². The number of carbonyl (C=O) groups excluding carboxylic acids is 2. The van der Waals surface area contributed by atoms with Crippen LogP contribution in [0.25, 0.3) is 0 Å². The van der Waals surface area contributed by atoms with Crippen LogP contribution < -0.4 is 4.74 Å². The molecule has 0 spiro atoms. The van der Waals surface area contributed by atoms with E-state index in [0.717, 1.165) is 43.2 Å². The second-order valence-electron chi connectivity index (χ2n) is 9.78. The number of rotatable bonds is 17. The molecule has 1 aromatic carbocycles. The molecular weight excluding hydrogens is 444 g/mol. The van der Waals surface area contributed by atoms with Gasteiger partial charge in [-0.05, 0) is 94.3 Å². The molecule has 196 valence electrons. The van der Waals surface area contributed by atoms with Gasteiger partial charge in [-0.25, -0.2) is 0 Å². The van der Waals surface area contributed by atoms with E-state index in [1.165, 1.54) is 0 Å². The molecule has 0 bridgehead atoms. The molecule has 1 fully saturated rings. The van der Waals surface area contributed by atoms with E-state index in [4.69, 9.17) is 14.6 Å². The number of aromatic hydroxyl groups is 1. The minimum Gasteiger partial charge on any atom is -0.504 e. The van der Waals surface area contributed by atoms with E-state index in [1.54, 1.807) is 20.1 Å². The predicted molar refractivity (Wildman–Crippen MR) is 138 cm³/mol. The van der Waals surface area contributed by atoms with Gasteiger partial charge in [-0.15, -0.1) is 0 Å². The number of benzene rings is 1. The summed E-state index contributed by atoms with van der Waals surface area (Å²) < 4.78 is 11.5. The van der Waals surface area contributed by atoms with Crippen LogP contribution in [0.3, 0.4) is 0 Å². The lowest BCUT2D eigenvalue weighted by molar-refractivity contribution is -0.117. The molecule has 0 saturated heterocycles. The minimum absolute atomic E-state index is 0.0379. The molecule has 2 rings (SSSR count). The van der Waals surface area contributed by atoms with Gasteiger partial charge in [0.05, 0.1) is 6.10 Å². The molecule has 6 heteroatoms. The number of ether oxygens (including phenoxy) is 2. The number of phenols is 1. The van der Waals surface area contributed by atoms with Gasteiger partial charge in [0.15, 0.2) is 17.3 Å². The fourth-order valence-corrected chi connectivity index (χ4v) is 4.71. The van der Waals surface area contributed by atoms with Crippen LogP contribution in [0.4, 0.5) is 0 Å². The van der Waals surface area contributed by atoms with Crippen molar-refractivity contribution in [3.05, 3.63) is 35.4 Å². The highest BCUT2D eigenvalue weighted by Crippen LogP contribution is 2.41. The van der Waals surface area contributed by atoms with Gasteiger partial charge in [-0.2, -0.15) is 0 Å². The molecule has 0 aliphatic heterocycles. The fraction of sp³-hybridized carbons (Fsp3) is 0.655. The summed E-state index contributed by atoms with van der Waals surface area (Å²) in [5.41, 5.74) is 1.71. The third-order valence-electron chi connectivity index (χ3n) is 6.95. The summed E-state index contributed by atoms with van der Waals surface area (Å²) in [6, 6.07) is 3.84. The Hall–Kier alpha value is -2.18. The van der Waals surface area contributed by atoms with Crippen molar-refractivity contribution < 1.29 is 29.3 Å². The van der Waals surface area contributed by atoms with E-state index in [1.807, 2.05) is 25.1 Å². The molecule has 0 aromatic heterocycles. The zero-order chi connectivity index (χ0) is 25.6. The third-order valence-corrected chi connectivity index (χ3v) is 6.95. The second kappa shape index (κ2) is 15.7. The number of carbonyl (C=O) groups is 2. The Bertz CT molecular complexity index is 825. The van der Waals surface area contributed by atoms with Gasteiger partial charge >= 0.3 is 0 Å². The predicted octanol–water partition coefficient (Wildman–Crippen LogP) is 5.67. The highest BCUT2D eigenvalue weighted by molar-refractivity contribution is 5.89. The maximum atomic E-state index is 12.5. The van der Waals surface area contributed by atoms with Crippen molar-refractivity contribution in [1.82, 2.24) is 0 Å². The quantitative estimate of drug-likeness (QED) is 0.275. The van der Waals surface area contributed by atoms with Crippen molar-refractivity contribution in [3.8, 4) is 11.5 Å². The number of hydrogen-bond acceptors (Lipinski definition) is 6. The standard InChI is InChI=1S/C29H44O6/c1-4-22(15-17-30)10-13-25(32)14-11-23-19-27(24(16-18-34-3)12-9-21(2)31)29(33)28(20-23)35-26-7-5-6-8-26/h10,13,19-20,22,24,26,30,33H,4-9,11-12,14-18H2,1-3H3/t22-,24+/m1/s1. The highest BCUT2D eigenvalue weighted by Gasteiger charge is 2.24. The van der Waals surface area contributed by atoms with Crippen molar-refractivity contribution in [2.45, 2.75) is 96.5 Å². The zero-order valence-corrected chi connectivity index (χ0v) is 21.8. The molecule has 2 atom stereocenters. The largest absolute Gasteiger partial charge is 0.504 e. The Kier molecular flexibility index (Phi) is 13.1. The van der Waals surface area contributed by atoms with Crippen LogP contribution in [0, 0.1) is 5.92 Å². The van der Waals surface area contributed by atoms with E-state index in [0.29, 0.717) is 50.9 Å². The Labute approximate surface area is 210 Å². The molecular formula is C29H44O6. The summed E-state index contributed by atoms with van der Waals surface area (Å²) in [6.07, 6.45) is 12.0. The van der Waals surface area contributed by atoms with E-state index in [9.17, 15) is 14.7 Å². The molecule has 6 nitrogen and oxygen atoms in total. The lowest BCUT2D eigenvalue weighted by Gasteiger charge is -2.22. The summed E-state index contributed by atoms with van der Waals surface area (Å²) in [5.74, 6) is 0.955. The van der Waals surface area contributed by atoms with Crippen molar-refractivity contribution in [3.63, 3.8) is 0 Å². The van der Waals surface area contributed by atoms with Gasteiger partial charge in [-0.3, -0.25) is 4.79 Å². The van der Waals surface area contributed by atoms with Crippen LogP contribution in [0.2, 0.25) is 0 Å². The van der Waals surface area contributed by atoms with Gasteiger partial charge < -0.3 is 24.5 Å². The maximum absolute atomic E-state index is 12.5. The number of Topliss-reactive ketones (excluding diaryl/α,β-unsaturated/α-hetero) is 1.